The van der Waals surface area contributed by atoms with Gasteiger partial charge in [-0.2, -0.15) is 0 Å². The van der Waals surface area contributed by atoms with E-state index in [9.17, 15) is 4.57 Å². The summed E-state index contributed by atoms with van der Waals surface area (Å²) in [6.45, 7) is 0.00525. The maximum Gasteiger partial charge on any atom is 0.174 e. The van der Waals surface area contributed by atoms with Crippen LogP contribution >= 0.6 is 7.14 Å². The lowest BCUT2D eigenvalue weighted by atomic mass is 10.3. The first-order valence-corrected chi connectivity index (χ1v) is 9.72. The minimum absolute atomic E-state index is 0.120. The zero-order valence-corrected chi connectivity index (χ0v) is 14.6. The van der Waals surface area contributed by atoms with Crippen molar-refractivity contribution in [2.45, 2.75) is 0 Å². The van der Waals surface area contributed by atoms with Gasteiger partial charge >= 0.3 is 0 Å². The molecule has 3 N–H and O–H groups in total. The first-order chi connectivity index (χ1) is 12.2. The fourth-order valence-electron chi connectivity index (χ4n) is 2.76. The summed E-state index contributed by atoms with van der Waals surface area (Å²) in [6, 6.07) is 23.8. The fraction of sp³-hybridized carbons (Fsp3) is 0.100. The second-order valence-electron chi connectivity index (χ2n) is 5.58. The molecule has 0 amide bonds. The number of benzene rings is 3. The summed E-state index contributed by atoms with van der Waals surface area (Å²) in [4.78, 5) is 0. The molecule has 0 saturated carbocycles. The average Bonchev–Trinajstić information content (AvgIpc) is 2.67. The third-order valence-electron chi connectivity index (χ3n) is 3.91. The molecule has 25 heavy (non-hydrogen) atoms. The normalized spacial score (nSPS) is 11.2. The van der Waals surface area contributed by atoms with Crippen molar-refractivity contribution < 1.29 is 14.4 Å². The number of aliphatic hydroxyl groups excluding tert-OH is 1. The van der Waals surface area contributed by atoms with Crippen LogP contribution in [0.4, 0.5) is 5.69 Å². The molecule has 0 heterocycles. The molecule has 5 heteroatoms. The summed E-state index contributed by atoms with van der Waals surface area (Å²) in [5.41, 5.74) is 6.50. The third-order valence-corrected chi connectivity index (χ3v) is 6.99. The van der Waals surface area contributed by atoms with Crippen molar-refractivity contribution in [1.82, 2.24) is 0 Å². The van der Waals surface area contributed by atoms with E-state index in [1.807, 2.05) is 60.7 Å². The minimum Gasteiger partial charge on any atom is -0.490 e. The molecule has 0 atom stereocenters. The lowest BCUT2D eigenvalue weighted by Gasteiger charge is -2.23. The standard InChI is InChI=1S/C20H20NO3P/c21-16-11-12-19(24-14-13-22)20(15-16)25(23,17-7-3-1-4-8-17)18-9-5-2-6-10-18/h1-12,15,22H,13-14,21H2. The molecule has 0 aliphatic rings. The van der Waals surface area contributed by atoms with E-state index in [-0.39, 0.29) is 13.2 Å². The molecular weight excluding hydrogens is 333 g/mol. The maximum atomic E-state index is 14.4. The van der Waals surface area contributed by atoms with Gasteiger partial charge in [-0.3, -0.25) is 0 Å². The van der Waals surface area contributed by atoms with Gasteiger partial charge in [0.2, 0.25) is 0 Å². The number of hydrogen-bond donors (Lipinski definition) is 2. The summed E-state index contributed by atoms with van der Waals surface area (Å²) >= 11 is 0. The Morgan fingerprint density at radius 2 is 1.44 bits per heavy atom. The summed E-state index contributed by atoms with van der Waals surface area (Å²) in [7, 11) is -3.17. The zero-order chi connectivity index (χ0) is 17.7. The Hall–Kier alpha value is -2.55. The fourth-order valence-corrected chi connectivity index (χ4v) is 5.58. The van der Waals surface area contributed by atoms with E-state index in [1.165, 1.54) is 0 Å². The van der Waals surface area contributed by atoms with E-state index in [2.05, 4.69) is 0 Å². The summed E-state index contributed by atoms with van der Waals surface area (Å²) < 4.78 is 20.0. The molecule has 0 aromatic heterocycles. The van der Waals surface area contributed by atoms with Crippen molar-refractivity contribution in [3.8, 4) is 5.75 Å². The number of nitrogens with two attached hydrogens (primary N) is 1. The van der Waals surface area contributed by atoms with Gasteiger partial charge in [0.05, 0.1) is 11.9 Å². The molecule has 3 aromatic carbocycles. The monoisotopic (exact) mass is 353 g/mol. The van der Waals surface area contributed by atoms with Crippen molar-refractivity contribution in [2.24, 2.45) is 0 Å². The predicted molar refractivity (Wildman–Crippen MR) is 103 cm³/mol. The molecule has 0 radical (unpaired) electrons. The van der Waals surface area contributed by atoms with Crippen LogP contribution in [-0.4, -0.2) is 18.3 Å². The van der Waals surface area contributed by atoms with E-state index < -0.39 is 7.14 Å². The Kier molecular flexibility index (Phi) is 5.22. The highest BCUT2D eigenvalue weighted by atomic mass is 31.2. The van der Waals surface area contributed by atoms with Crippen LogP contribution in [0.2, 0.25) is 0 Å². The van der Waals surface area contributed by atoms with Crippen molar-refractivity contribution >= 4 is 28.7 Å². The predicted octanol–water partition coefficient (Wildman–Crippen LogP) is 2.28. The Labute approximate surface area is 147 Å². The van der Waals surface area contributed by atoms with E-state index >= 15 is 0 Å². The van der Waals surface area contributed by atoms with Crippen molar-refractivity contribution in [2.75, 3.05) is 18.9 Å². The van der Waals surface area contributed by atoms with Gasteiger partial charge in [0.25, 0.3) is 0 Å². The second-order valence-corrected chi connectivity index (χ2v) is 8.31. The molecular formula is C20H20NO3P. The van der Waals surface area contributed by atoms with Gasteiger partial charge in [-0.25, -0.2) is 0 Å². The smallest absolute Gasteiger partial charge is 0.174 e. The molecule has 0 saturated heterocycles. The van der Waals surface area contributed by atoms with Gasteiger partial charge in [-0.05, 0) is 18.2 Å². The van der Waals surface area contributed by atoms with Gasteiger partial charge in [-0.15, -0.1) is 0 Å². The van der Waals surface area contributed by atoms with E-state index in [1.54, 1.807) is 18.2 Å². The molecule has 3 aromatic rings. The summed E-state index contributed by atoms with van der Waals surface area (Å²) in [6.07, 6.45) is 0. The van der Waals surface area contributed by atoms with Crippen LogP contribution in [0.5, 0.6) is 5.75 Å². The van der Waals surface area contributed by atoms with E-state index in [0.29, 0.717) is 27.4 Å². The van der Waals surface area contributed by atoms with Crippen LogP contribution in [0.1, 0.15) is 0 Å². The van der Waals surface area contributed by atoms with Crippen LogP contribution in [0.3, 0.4) is 0 Å². The maximum absolute atomic E-state index is 14.4. The number of hydrogen-bond acceptors (Lipinski definition) is 4. The van der Waals surface area contributed by atoms with E-state index in [4.69, 9.17) is 15.6 Å². The van der Waals surface area contributed by atoms with Gasteiger partial charge in [0, 0.05) is 16.3 Å². The summed E-state index contributed by atoms with van der Waals surface area (Å²) in [5, 5.41) is 11.0. The Morgan fingerprint density at radius 1 is 0.880 bits per heavy atom. The third kappa shape index (κ3) is 3.46. The Bertz CT molecular complexity index is 838. The SMILES string of the molecule is Nc1ccc(OCCO)c(P(=O)(c2ccccc2)c2ccccc2)c1. The minimum atomic E-state index is -3.17. The molecule has 0 aliphatic heterocycles. The summed E-state index contributed by atoms with van der Waals surface area (Å²) in [5.74, 6) is 0.472. The molecule has 0 aliphatic carbocycles. The van der Waals surface area contributed by atoms with Crippen LogP contribution in [0.25, 0.3) is 0 Å². The highest BCUT2D eigenvalue weighted by Crippen LogP contribution is 2.45. The number of anilines is 1. The largest absolute Gasteiger partial charge is 0.490 e. The van der Waals surface area contributed by atoms with Crippen LogP contribution < -0.4 is 26.4 Å². The van der Waals surface area contributed by atoms with Crippen molar-refractivity contribution in [3.63, 3.8) is 0 Å². The molecule has 0 spiro atoms. The molecule has 4 nitrogen and oxygen atoms in total. The number of aliphatic hydroxyl groups is 1. The number of ether oxygens (including phenoxy) is 1. The van der Waals surface area contributed by atoms with Gasteiger partial charge in [-0.1, -0.05) is 60.7 Å². The Balaban J connectivity index is 2.27. The van der Waals surface area contributed by atoms with Crippen LogP contribution in [0.15, 0.2) is 78.9 Å². The number of nitrogen functional groups attached to an aromatic ring is 1. The highest BCUT2D eigenvalue weighted by Gasteiger charge is 2.32. The number of rotatable bonds is 6. The van der Waals surface area contributed by atoms with Gasteiger partial charge < -0.3 is 20.1 Å². The highest BCUT2D eigenvalue weighted by molar-refractivity contribution is 7.85. The quantitative estimate of drug-likeness (QED) is 0.527. The lowest BCUT2D eigenvalue weighted by Crippen LogP contribution is -2.27. The molecule has 0 unspecified atom stereocenters. The van der Waals surface area contributed by atoms with Gasteiger partial charge in [0.15, 0.2) is 7.14 Å². The molecule has 3 rings (SSSR count). The first kappa shape index (κ1) is 17.3. The lowest BCUT2D eigenvalue weighted by molar-refractivity contribution is 0.202. The molecule has 0 fully saturated rings. The average molecular weight is 353 g/mol. The van der Waals surface area contributed by atoms with Crippen LogP contribution in [-0.2, 0) is 4.57 Å². The molecule has 0 bridgehead atoms. The van der Waals surface area contributed by atoms with E-state index in [0.717, 1.165) is 0 Å². The van der Waals surface area contributed by atoms with Gasteiger partial charge in [0.1, 0.15) is 12.4 Å². The van der Waals surface area contributed by atoms with Crippen LogP contribution in [0, 0.1) is 0 Å². The van der Waals surface area contributed by atoms with Crippen molar-refractivity contribution in [1.29, 1.82) is 0 Å². The topological polar surface area (TPSA) is 72.6 Å². The first-order valence-electron chi connectivity index (χ1n) is 8.01. The zero-order valence-electron chi connectivity index (χ0n) is 13.7. The second kappa shape index (κ2) is 7.56. The Morgan fingerprint density at radius 3 is 1.96 bits per heavy atom. The molecule has 128 valence electrons. The van der Waals surface area contributed by atoms with Crippen molar-refractivity contribution in [3.05, 3.63) is 78.9 Å².